The van der Waals surface area contributed by atoms with Crippen molar-refractivity contribution in [3.63, 3.8) is 0 Å². The fourth-order valence-corrected chi connectivity index (χ4v) is 5.35. The first-order valence-corrected chi connectivity index (χ1v) is 11.9. The minimum Gasteiger partial charge on any atom is -0.508 e. The van der Waals surface area contributed by atoms with Gasteiger partial charge in [-0.25, -0.2) is 4.98 Å². The number of halogens is 1. The predicted molar refractivity (Wildman–Crippen MR) is 136 cm³/mol. The number of hydrogen-bond donors (Lipinski definition) is 2. The van der Waals surface area contributed by atoms with Gasteiger partial charge in [0, 0.05) is 16.3 Å². The van der Waals surface area contributed by atoms with Gasteiger partial charge in [-0.3, -0.25) is 14.5 Å². The number of aryl methyl sites for hydroxylation is 1. The van der Waals surface area contributed by atoms with Gasteiger partial charge in [0.25, 0.3) is 5.91 Å². The lowest BCUT2D eigenvalue weighted by Gasteiger charge is -2.27. The number of thiazole rings is 1. The van der Waals surface area contributed by atoms with E-state index in [1.54, 1.807) is 43.3 Å². The van der Waals surface area contributed by atoms with Gasteiger partial charge in [0.2, 0.25) is 5.78 Å². The van der Waals surface area contributed by atoms with Crippen molar-refractivity contribution in [2.45, 2.75) is 13.0 Å². The van der Waals surface area contributed by atoms with Crippen LogP contribution in [0.1, 0.15) is 27.0 Å². The first kappa shape index (κ1) is 22.8. The molecule has 1 aromatic heterocycles. The third-order valence-electron chi connectivity index (χ3n) is 5.77. The first-order chi connectivity index (χ1) is 16.8. The third kappa shape index (κ3) is 4.09. The molecule has 0 spiro atoms. The summed E-state index contributed by atoms with van der Waals surface area (Å²) in [7, 11) is 0. The average molecular weight is 503 g/mol. The molecule has 2 N–H and O–H groups in total. The number of carbonyl (C=O) groups is 2. The Kier molecular flexibility index (Phi) is 5.88. The maximum Gasteiger partial charge on any atom is 0.294 e. The minimum absolute atomic E-state index is 0.0410. The van der Waals surface area contributed by atoms with E-state index in [1.165, 1.54) is 28.4 Å². The van der Waals surface area contributed by atoms with Gasteiger partial charge in [0.1, 0.15) is 10.8 Å². The topological polar surface area (TPSA) is 90.7 Å². The first-order valence-electron chi connectivity index (χ1n) is 10.7. The number of amides is 1. The monoisotopic (exact) mass is 502 g/mol. The van der Waals surface area contributed by atoms with Crippen LogP contribution in [0.2, 0.25) is 5.02 Å². The van der Waals surface area contributed by atoms with E-state index < -0.39 is 23.5 Å². The molecular weight excluding hydrogens is 484 g/mol. The normalized spacial score (nSPS) is 15.7. The summed E-state index contributed by atoms with van der Waals surface area (Å²) in [4.78, 5) is 33.4. The van der Waals surface area contributed by atoms with Gasteiger partial charge in [-0.05, 0) is 42.8 Å². The van der Waals surface area contributed by atoms with Crippen LogP contribution in [0.3, 0.4) is 0 Å². The number of phenolic OH excluding ortho intramolecular Hbond substituents is 1. The van der Waals surface area contributed by atoms with E-state index in [-0.39, 0.29) is 11.3 Å². The number of rotatable bonds is 5. The van der Waals surface area contributed by atoms with Crippen molar-refractivity contribution in [2.75, 3.05) is 4.90 Å². The second kappa shape index (κ2) is 9.02. The van der Waals surface area contributed by atoms with Gasteiger partial charge in [0.05, 0.1) is 22.2 Å². The lowest BCUT2D eigenvalue weighted by molar-refractivity contribution is -0.117. The Morgan fingerprint density at radius 1 is 1.00 bits per heavy atom. The summed E-state index contributed by atoms with van der Waals surface area (Å²) in [6.07, 6.45) is 0. The fraction of sp³-hybridized carbons (Fsp3) is 0.0741. The molecule has 6 nitrogen and oxygen atoms in total. The number of carbonyl (C=O) groups excluding carboxylic acids is 2. The van der Waals surface area contributed by atoms with Crippen LogP contribution in [0, 0.1) is 6.92 Å². The second-order valence-electron chi connectivity index (χ2n) is 8.04. The Labute approximate surface area is 210 Å². The Balaban J connectivity index is 1.64. The summed E-state index contributed by atoms with van der Waals surface area (Å²) in [6, 6.07) is 21.4. The van der Waals surface area contributed by atoms with Gasteiger partial charge >= 0.3 is 0 Å². The quantitative estimate of drug-likeness (QED) is 0.314. The maximum absolute atomic E-state index is 13.9. The van der Waals surface area contributed by atoms with Gasteiger partial charge in [-0.1, -0.05) is 60.1 Å². The lowest BCUT2D eigenvalue weighted by Crippen LogP contribution is -2.31. The predicted octanol–water partition coefficient (Wildman–Crippen LogP) is 6.26. The molecule has 1 unspecified atom stereocenters. The van der Waals surface area contributed by atoms with Gasteiger partial charge < -0.3 is 10.2 Å². The molecule has 2 heterocycles. The molecule has 1 amide bonds. The van der Waals surface area contributed by atoms with E-state index in [1.807, 2.05) is 30.3 Å². The minimum atomic E-state index is -0.921. The zero-order valence-corrected chi connectivity index (χ0v) is 20.0. The van der Waals surface area contributed by atoms with Crippen LogP contribution in [-0.2, 0) is 4.79 Å². The molecular formula is C27H19ClN2O4S. The number of ketones is 1. The highest BCUT2D eigenvalue weighted by Crippen LogP contribution is 2.44. The van der Waals surface area contributed by atoms with Crippen LogP contribution in [0.15, 0.2) is 90.2 Å². The van der Waals surface area contributed by atoms with E-state index in [0.717, 1.165) is 5.56 Å². The molecule has 1 aliphatic heterocycles. The number of phenols is 1. The van der Waals surface area contributed by atoms with Crippen molar-refractivity contribution in [3.05, 3.63) is 111 Å². The van der Waals surface area contributed by atoms with Crippen molar-refractivity contribution in [1.82, 2.24) is 4.98 Å². The molecule has 1 aliphatic rings. The molecule has 3 aromatic carbocycles. The number of aliphatic hydroxyl groups is 1. The maximum atomic E-state index is 13.9. The number of nitrogens with zero attached hydrogens (tertiary/aromatic N) is 2. The Bertz CT molecular complexity index is 1480. The molecule has 5 rings (SSSR count). The van der Waals surface area contributed by atoms with Crippen LogP contribution < -0.4 is 4.90 Å². The van der Waals surface area contributed by atoms with Crippen molar-refractivity contribution in [3.8, 4) is 16.3 Å². The molecule has 4 aromatic rings. The van der Waals surface area contributed by atoms with Crippen LogP contribution in [-0.4, -0.2) is 26.9 Å². The van der Waals surface area contributed by atoms with Crippen molar-refractivity contribution in [2.24, 2.45) is 0 Å². The number of aromatic hydroxyl groups is 1. The molecule has 0 aliphatic carbocycles. The Morgan fingerprint density at radius 2 is 1.71 bits per heavy atom. The summed E-state index contributed by atoms with van der Waals surface area (Å²) in [5.41, 5.74) is 2.31. The molecule has 0 radical (unpaired) electrons. The van der Waals surface area contributed by atoms with Gasteiger partial charge in [-0.2, -0.15) is 0 Å². The van der Waals surface area contributed by atoms with Crippen molar-refractivity contribution in [1.29, 1.82) is 0 Å². The third-order valence-corrected chi connectivity index (χ3v) is 7.21. The highest BCUT2D eigenvalue weighted by molar-refractivity contribution is 7.17. The number of hydrogen-bond acceptors (Lipinski definition) is 6. The van der Waals surface area contributed by atoms with Crippen LogP contribution >= 0.6 is 22.9 Å². The van der Waals surface area contributed by atoms with E-state index in [4.69, 9.17) is 11.6 Å². The fourth-order valence-electron chi connectivity index (χ4n) is 4.14. The molecule has 0 fully saturated rings. The molecule has 1 atom stereocenters. The van der Waals surface area contributed by atoms with E-state index in [9.17, 15) is 19.8 Å². The number of aliphatic hydroxyl groups excluding tert-OH is 1. The number of aromatic nitrogens is 1. The van der Waals surface area contributed by atoms with Crippen LogP contribution in [0.5, 0.6) is 5.75 Å². The summed E-state index contributed by atoms with van der Waals surface area (Å²) in [6.45, 7) is 1.73. The number of anilines is 1. The molecule has 0 saturated carbocycles. The number of Topliss-reactive ketones (excluding diaryl/α,β-unsaturated/α-hetero) is 1. The molecule has 35 heavy (non-hydrogen) atoms. The zero-order chi connectivity index (χ0) is 24.7. The highest BCUT2D eigenvalue weighted by atomic mass is 35.5. The highest BCUT2D eigenvalue weighted by Gasteiger charge is 2.45. The van der Waals surface area contributed by atoms with E-state index in [0.29, 0.717) is 31.9 Å². The lowest BCUT2D eigenvalue weighted by atomic mass is 9.94. The second-order valence-corrected chi connectivity index (χ2v) is 9.48. The summed E-state index contributed by atoms with van der Waals surface area (Å²) >= 11 is 7.39. The molecule has 0 bridgehead atoms. The van der Waals surface area contributed by atoms with E-state index >= 15 is 0 Å². The Hall–Kier alpha value is -3.94. The average Bonchev–Trinajstić information content (AvgIpc) is 3.37. The standard InChI is InChI=1S/C27H19ClN2O4S/c1-15-25(35-26(29-15)17-6-3-2-4-7-17)23(32)21-22(16-10-12-20(31)13-11-16)30(27(34)24(21)33)19-9-5-8-18(28)14-19/h2-14,22,31,33H,1H3. The van der Waals surface area contributed by atoms with Gasteiger partial charge in [0.15, 0.2) is 5.76 Å². The summed E-state index contributed by atoms with van der Waals surface area (Å²) in [5.74, 6) is -1.77. The van der Waals surface area contributed by atoms with Crippen molar-refractivity contribution < 1.29 is 19.8 Å². The van der Waals surface area contributed by atoms with Gasteiger partial charge in [-0.15, -0.1) is 11.3 Å². The largest absolute Gasteiger partial charge is 0.508 e. The van der Waals surface area contributed by atoms with Crippen molar-refractivity contribution >= 4 is 40.3 Å². The molecule has 174 valence electrons. The molecule has 8 heteroatoms. The SMILES string of the molecule is Cc1nc(-c2ccccc2)sc1C(=O)C1=C(O)C(=O)N(c2cccc(Cl)c2)C1c1ccc(O)cc1. The molecule has 0 saturated heterocycles. The smallest absolute Gasteiger partial charge is 0.294 e. The summed E-state index contributed by atoms with van der Waals surface area (Å²) in [5, 5.41) is 21.8. The van der Waals surface area contributed by atoms with Crippen LogP contribution in [0.4, 0.5) is 5.69 Å². The van der Waals surface area contributed by atoms with E-state index in [2.05, 4.69) is 4.98 Å². The summed E-state index contributed by atoms with van der Waals surface area (Å²) < 4.78 is 0. The number of benzene rings is 3. The van der Waals surface area contributed by atoms with Crippen LogP contribution in [0.25, 0.3) is 10.6 Å². The zero-order valence-electron chi connectivity index (χ0n) is 18.5. The Morgan fingerprint density at radius 3 is 2.40 bits per heavy atom.